The maximum atomic E-state index is 12.4. The third kappa shape index (κ3) is 4.13. The van der Waals surface area contributed by atoms with Crippen LogP contribution in [0.5, 0.6) is 0 Å². The lowest BCUT2D eigenvalue weighted by molar-refractivity contribution is -0.140. The molecule has 6 nitrogen and oxygen atoms in total. The summed E-state index contributed by atoms with van der Waals surface area (Å²) >= 11 is 0. The molecule has 1 fully saturated rings. The largest absolute Gasteiger partial charge is 0.478 e. The molecular weight excluding hydrogens is 308 g/mol. The van der Waals surface area contributed by atoms with Crippen molar-refractivity contribution in [3.63, 3.8) is 0 Å². The van der Waals surface area contributed by atoms with Gasteiger partial charge in [0.25, 0.3) is 5.91 Å². The second-order valence-electron chi connectivity index (χ2n) is 7.14. The number of hydrogen-bond donors (Lipinski definition) is 2. The maximum absolute atomic E-state index is 12.4. The van der Waals surface area contributed by atoms with Gasteiger partial charge in [-0.25, -0.2) is 4.79 Å². The van der Waals surface area contributed by atoms with Crippen LogP contribution in [0.2, 0.25) is 0 Å². The Kier molecular flexibility index (Phi) is 5.26. The van der Waals surface area contributed by atoms with Gasteiger partial charge >= 0.3 is 5.97 Å². The highest BCUT2D eigenvalue weighted by molar-refractivity contribution is 6.04. The summed E-state index contributed by atoms with van der Waals surface area (Å²) in [6.45, 7) is 6.88. The van der Waals surface area contributed by atoms with Gasteiger partial charge in [-0.1, -0.05) is 32.9 Å². The van der Waals surface area contributed by atoms with Crippen molar-refractivity contribution in [3.8, 4) is 0 Å². The lowest BCUT2D eigenvalue weighted by Crippen LogP contribution is -2.49. The van der Waals surface area contributed by atoms with E-state index in [2.05, 4.69) is 5.32 Å². The summed E-state index contributed by atoms with van der Waals surface area (Å²) < 4.78 is 0. The first kappa shape index (κ1) is 18.0. The molecule has 1 heterocycles. The Bertz CT molecular complexity index is 641. The molecule has 1 saturated heterocycles. The summed E-state index contributed by atoms with van der Waals surface area (Å²) in [5.41, 5.74) is -0.246. The van der Waals surface area contributed by atoms with Crippen LogP contribution in [0.15, 0.2) is 24.3 Å². The third-order valence-electron chi connectivity index (χ3n) is 4.16. The predicted molar refractivity (Wildman–Crippen MR) is 89.9 cm³/mol. The number of nitrogens with zero attached hydrogens (tertiary/aromatic N) is 1. The normalized spacial score (nSPS) is 15.9. The monoisotopic (exact) mass is 332 g/mol. The van der Waals surface area contributed by atoms with E-state index < -0.39 is 11.4 Å². The molecule has 1 aliphatic heterocycles. The SMILES string of the molecule is CC(C)(C)C(=O)N1CCC(NC(=O)c2ccccc2C(=O)O)CC1. The number of amides is 2. The highest BCUT2D eigenvalue weighted by atomic mass is 16.4. The number of carboxylic acids is 1. The highest BCUT2D eigenvalue weighted by Crippen LogP contribution is 2.21. The van der Waals surface area contributed by atoms with E-state index in [0.29, 0.717) is 25.9 Å². The molecule has 0 atom stereocenters. The Morgan fingerprint density at radius 1 is 1.08 bits per heavy atom. The zero-order valence-electron chi connectivity index (χ0n) is 14.3. The Morgan fingerprint density at radius 3 is 2.12 bits per heavy atom. The standard InChI is InChI=1S/C18H24N2O4/c1-18(2,3)17(24)20-10-8-12(9-11-20)19-15(21)13-6-4-5-7-14(13)16(22)23/h4-7,12H,8-11H2,1-3H3,(H,19,21)(H,22,23). The van der Waals surface area contributed by atoms with Gasteiger partial charge < -0.3 is 15.3 Å². The summed E-state index contributed by atoms with van der Waals surface area (Å²) in [4.78, 5) is 37.7. The molecule has 1 aliphatic rings. The van der Waals surface area contributed by atoms with Gasteiger partial charge in [-0.15, -0.1) is 0 Å². The quantitative estimate of drug-likeness (QED) is 0.888. The van der Waals surface area contributed by atoms with Gasteiger partial charge in [-0.3, -0.25) is 9.59 Å². The topological polar surface area (TPSA) is 86.7 Å². The minimum Gasteiger partial charge on any atom is -0.478 e. The number of aromatic carboxylic acids is 1. The average molecular weight is 332 g/mol. The first-order chi connectivity index (χ1) is 11.2. The number of carboxylic acid groups (broad SMARTS) is 1. The van der Waals surface area contributed by atoms with Crippen LogP contribution in [0.4, 0.5) is 0 Å². The number of carbonyl (C=O) groups excluding carboxylic acids is 2. The number of hydrogen-bond acceptors (Lipinski definition) is 3. The molecule has 0 unspecified atom stereocenters. The number of likely N-dealkylation sites (tertiary alicyclic amines) is 1. The number of carbonyl (C=O) groups is 3. The number of rotatable bonds is 3. The summed E-state index contributed by atoms with van der Waals surface area (Å²) in [5.74, 6) is -1.39. The lowest BCUT2D eigenvalue weighted by Gasteiger charge is -2.36. The Labute approximate surface area is 141 Å². The molecular formula is C18H24N2O4. The molecule has 0 aromatic heterocycles. The molecule has 0 bridgehead atoms. The number of piperidine rings is 1. The predicted octanol–water partition coefficient (Wildman–Crippen LogP) is 2.15. The van der Waals surface area contributed by atoms with Crippen LogP contribution >= 0.6 is 0 Å². The molecule has 0 radical (unpaired) electrons. The van der Waals surface area contributed by atoms with Gasteiger partial charge in [0.15, 0.2) is 0 Å². The van der Waals surface area contributed by atoms with Crippen LogP contribution in [0, 0.1) is 5.41 Å². The van der Waals surface area contributed by atoms with Crippen LogP contribution in [-0.2, 0) is 4.79 Å². The maximum Gasteiger partial charge on any atom is 0.336 e. The van der Waals surface area contributed by atoms with Crippen molar-refractivity contribution in [2.45, 2.75) is 39.7 Å². The summed E-state index contributed by atoms with van der Waals surface area (Å²) in [6.07, 6.45) is 1.34. The molecule has 2 amide bonds. The van der Waals surface area contributed by atoms with E-state index in [-0.39, 0.29) is 29.0 Å². The van der Waals surface area contributed by atoms with E-state index in [1.165, 1.54) is 12.1 Å². The second-order valence-corrected chi connectivity index (χ2v) is 7.14. The number of nitrogens with one attached hydrogen (secondary N) is 1. The molecule has 1 aromatic rings. The molecule has 130 valence electrons. The van der Waals surface area contributed by atoms with Crippen molar-refractivity contribution < 1.29 is 19.5 Å². The molecule has 1 aromatic carbocycles. The second kappa shape index (κ2) is 7.03. The van der Waals surface area contributed by atoms with Crippen LogP contribution < -0.4 is 5.32 Å². The Hall–Kier alpha value is -2.37. The summed E-state index contributed by atoms with van der Waals surface area (Å²) in [7, 11) is 0. The van der Waals surface area contributed by atoms with Crippen molar-refractivity contribution in [3.05, 3.63) is 35.4 Å². The average Bonchev–Trinajstić information content (AvgIpc) is 2.54. The Balaban J connectivity index is 1.96. The molecule has 0 spiro atoms. The molecule has 0 aliphatic carbocycles. The van der Waals surface area contributed by atoms with Crippen LogP contribution in [0.1, 0.15) is 54.3 Å². The van der Waals surface area contributed by atoms with Gasteiger partial charge in [0.1, 0.15) is 0 Å². The molecule has 6 heteroatoms. The lowest BCUT2D eigenvalue weighted by atomic mass is 9.93. The first-order valence-corrected chi connectivity index (χ1v) is 8.12. The highest BCUT2D eigenvalue weighted by Gasteiger charge is 2.31. The van der Waals surface area contributed by atoms with Crippen LogP contribution in [0.3, 0.4) is 0 Å². The molecule has 24 heavy (non-hydrogen) atoms. The van der Waals surface area contributed by atoms with E-state index in [9.17, 15) is 14.4 Å². The van der Waals surface area contributed by atoms with E-state index >= 15 is 0 Å². The fourth-order valence-electron chi connectivity index (χ4n) is 2.83. The summed E-state index contributed by atoms with van der Waals surface area (Å²) in [6, 6.07) is 6.12. The van der Waals surface area contributed by atoms with E-state index in [4.69, 9.17) is 5.11 Å². The minimum absolute atomic E-state index is 0.00431. The van der Waals surface area contributed by atoms with Crippen LogP contribution in [-0.4, -0.2) is 46.9 Å². The van der Waals surface area contributed by atoms with Crippen molar-refractivity contribution in [2.24, 2.45) is 5.41 Å². The van der Waals surface area contributed by atoms with Gasteiger partial charge in [0.05, 0.1) is 11.1 Å². The first-order valence-electron chi connectivity index (χ1n) is 8.12. The van der Waals surface area contributed by atoms with Crippen molar-refractivity contribution in [2.75, 3.05) is 13.1 Å². The molecule has 0 saturated carbocycles. The fraction of sp³-hybridized carbons (Fsp3) is 0.500. The van der Waals surface area contributed by atoms with Crippen molar-refractivity contribution >= 4 is 17.8 Å². The van der Waals surface area contributed by atoms with Crippen molar-refractivity contribution in [1.82, 2.24) is 10.2 Å². The van der Waals surface area contributed by atoms with Crippen molar-refractivity contribution in [1.29, 1.82) is 0 Å². The van der Waals surface area contributed by atoms with E-state index in [1.807, 2.05) is 25.7 Å². The zero-order valence-corrected chi connectivity index (χ0v) is 14.3. The smallest absolute Gasteiger partial charge is 0.336 e. The summed E-state index contributed by atoms with van der Waals surface area (Å²) in [5, 5.41) is 12.1. The Morgan fingerprint density at radius 2 is 1.62 bits per heavy atom. The third-order valence-corrected chi connectivity index (χ3v) is 4.16. The van der Waals surface area contributed by atoms with E-state index in [1.54, 1.807) is 12.1 Å². The zero-order chi connectivity index (χ0) is 17.9. The van der Waals surface area contributed by atoms with Gasteiger partial charge in [0.2, 0.25) is 5.91 Å². The molecule has 2 rings (SSSR count). The minimum atomic E-state index is -1.12. The van der Waals surface area contributed by atoms with Gasteiger partial charge in [0, 0.05) is 24.5 Å². The van der Waals surface area contributed by atoms with Crippen LogP contribution in [0.25, 0.3) is 0 Å². The number of benzene rings is 1. The van der Waals surface area contributed by atoms with E-state index in [0.717, 1.165) is 0 Å². The fourth-order valence-corrected chi connectivity index (χ4v) is 2.83. The van der Waals surface area contributed by atoms with Gasteiger partial charge in [-0.2, -0.15) is 0 Å². The molecule has 2 N–H and O–H groups in total. The van der Waals surface area contributed by atoms with Gasteiger partial charge in [-0.05, 0) is 25.0 Å².